The summed E-state index contributed by atoms with van der Waals surface area (Å²) >= 11 is 0. The normalized spacial score (nSPS) is 34.2. The summed E-state index contributed by atoms with van der Waals surface area (Å²) in [6.07, 6.45) is 7.05. The summed E-state index contributed by atoms with van der Waals surface area (Å²) in [5.74, 6) is 2.98. The highest BCUT2D eigenvalue weighted by atomic mass is 16.5. The summed E-state index contributed by atoms with van der Waals surface area (Å²) in [6, 6.07) is 18.4. The number of carboxylic acids is 1. The zero-order valence-corrected chi connectivity index (χ0v) is 17.7. The molecule has 0 aliphatic heterocycles. The maximum Gasteiger partial charge on any atom is 0.335 e. The molecule has 4 aliphatic rings. The molecule has 0 saturated heterocycles. The summed E-state index contributed by atoms with van der Waals surface area (Å²) in [6.45, 7) is 0. The van der Waals surface area contributed by atoms with E-state index in [-0.39, 0.29) is 0 Å². The fraction of sp³-hybridized carbons (Fsp3) is 0.393. The first-order chi connectivity index (χ1) is 15.0. The molecule has 4 fully saturated rings. The molecule has 0 amide bonds. The van der Waals surface area contributed by atoms with Gasteiger partial charge in [-0.2, -0.15) is 0 Å². The van der Waals surface area contributed by atoms with Crippen molar-refractivity contribution in [3.63, 3.8) is 0 Å². The third-order valence-electron chi connectivity index (χ3n) is 9.53. The molecule has 2 bridgehead atoms. The minimum atomic E-state index is -0.886. The summed E-state index contributed by atoms with van der Waals surface area (Å²) < 4.78 is 5.90. The predicted octanol–water partition coefficient (Wildman–Crippen LogP) is 6.29. The maximum atomic E-state index is 11.3. The molecule has 7 rings (SSSR count). The first-order valence-corrected chi connectivity index (χ1v) is 11.5. The number of aromatic carboxylic acids is 1. The number of carboxylic acid groups (broad SMARTS) is 1. The number of ether oxygens (including phenoxy) is 1. The molecule has 3 heteroatoms. The van der Waals surface area contributed by atoms with Crippen molar-refractivity contribution in [3.8, 4) is 16.9 Å². The van der Waals surface area contributed by atoms with Crippen LogP contribution in [-0.4, -0.2) is 18.2 Å². The smallest absolute Gasteiger partial charge is 0.335 e. The van der Waals surface area contributed by atoms with Gasteiger partial charge in [-0.1, -0.05) is 24.3 Å². The second-order valence-electron chi connectivity index (χ2n) is 10.5. The lowest BCUT2D eigenvalue weighted by Gasteiger charge is -2.73. The van der Waals surface area contributed by atoms with Crippen molar-refractivity contribution in [1.82, 2.24) is 0 Å². The zero-order chi connectivity index (χ0) is 21.0. The number of benzene rings is 3. The van der Waals surface area contributed by atoms with Gasteiger partial charge in [0, 0.05) is 11.0 Å². The van der Waals surface area contributed by atoms with Crippen LogP contribution in [0, 0.1) is 23.2 Å². The highest BCUT2D eigenvalue weighted by molar-refractivity contribution is 5.95. The lowest BCUT2D eigenvalue weighted by molar-refractivity contribution is -0.199. The van der Waals surface area contributed by atoms with Crippen LogP contribution in [0.15, 0.2) is 54.6 Å². The fourth-order valence-corrected chi connectivity index (χ4v) is 8.47. The van der Waals surface area contributed by atoms with E-state index in [2.05, 4.69) is 30.3 Å². The Morgan fingerprint density at radius 2 is 1.68 bits per heavy atom. The Hall–Kier alpha value is -2.81. The molecule has 31 heavy (non-hydrogen) atoms. The van der Waals surface area contributed by atoms with Crippen LogP contribution in [0.25, 0.3) is 21.9 Å². The first kappa shape index (κ1) is 17.8. The van der Waals surface area contributed by atoms with Crippen LogP contribution in [0.3, 0.4) is 0 Å². The molecule has 1 N–H and O–H groups in total. The minimum Gasteiger partial charge on any atom is -0.496 e. The van der Waals surface area contributed by atoms with Gasteiger partial charge in [0.05, 0.1) is 12.7 Å². The number of fused-ring (bicyclic) bond motifs is 2. The van der Waals surface area contributed by atoms with Gasteiger partial charge in [0.15, 0.2) is 0 Å². The second kappa shape index (κ2) is 5.70. The minimum absolute atomic E-state index is 0.330. The van der Waals surface area contributed by atoms with Gasteiger partial charge in [-0.25, -0.2) is 4.79 Å². The van der Waals surface area contributed by atoms with Crippen LogP contribution in [0.4, 0.5) is 0 Å². The predicted molar refractivity (Wildman–Crippen MR) is 121 cm³/mol. The largest absolute Gasteiger partial charge is 0.496 e. The van der Waals surface area contributed by atoms with Crippen molar-refractivity contribution >= 4 is 16.7 Å². The Balaban J connectivity index is 1.33. The molecule has 4 aliphatic carbocycles. The van der Waals surface area contributed by atoms with E-state index in [1.54, 1.807) is 12.1 Å². The molecule has 0 heterocycles. The molecule has 5 unspecified atom stereocenters. The molecule has 0 aromatic heterocycles. The molecule has 1 spiro atoms. The van der Waals surface area contributed by atoms with Crippen molar-refractivity contribution in [2.45, 2.75) is 37.5 Å². The van der Waals surface area contributed by atoms with Gasteiger partial charge in [-0.3, -0.25) is 0 Å². The molecule has 0 radical (unpaired) electrons. The summed E-state index contributed by atoms with van der Waals surface area (Å²) in [5.41, 5.74) is 5.08. The highest BCUT2D eigenvalue weighted by Crippen LogP contribution is 2.87. The molecule has 3 aromatic carbocycles. The van der Waals surface area contributed by atoms with Crippen molar-refractivity contribution in [1.29, 1.82) is 0 Å². The van der Waals surface area contributed by atoms with Gasteiger partial charge >= 0.3 is 5.97 Å². The van der Waals surface area contributed by atoms with Gasteiger partial charge in [-0.15, -0.1) is 0 Å². The quantitative estimate of drug-likeness (QED) is 0.550. The number of carbonyl (C=O) groups is 1. The van der Waals surface area contributed by atoms with Crippen molar-refractivity contribution < 1.29 is 14.6 Å². The number of rotatable bonds is 4. The topological polar surface area (TPSA) is 46.5 Å². The van der Waals surface area contributed by atoms with Crippen LogP contribution < -0.4 is 4.74 Å². The van der Waals surface area contributed by atoms with Gasteiger partial charge in [0.2, 0.25) is 0 Å². The highest BCUT2D eigenvalue weighted by Gasteiger charge is 2.80. The van der Waals surface area contributed by atoms with E-state index in [1.807, 2.05) is 19.2 Å². The van der Waals surface area contributed by atoms with E-state index >= 15 is 0 Å². The molecule has 5 atom stereocenters. The van der Waals surface area contributed by atoms with E-state index < -0.39 is 5.97 Å². The van der Waals surface area contributed by atoms with Crippen molar-refractivity contribution in [2.75, 3.05) is 7.11 Å². The standard InChI is InChI=1S/C28H26O3/c1-31-25-7-6-20(18-2-3-19-10-21(26(29)30)5-4-17(19)9-18)11-24(25)27-13-16-8-22-12-23(15-27)28(22,27)14-16/h2-7,9-11,16,22-23H,8,12-15H2,1H3,(H,29,30). The SMILES string of the molecule is COc1ccc(-c2ccc3cc(C(=O)O)ccc3c2)cc1C12CC3CC4CC(C1)C42C3. The number of methoxy groups -OCH3 is 1. The summed E-state index contributed by atoms with van der Waals surface area (Å²) in [5, 5.41) is 11.3. The average Bonchev–Trinajstić information content (AvgIpc) is 3.27. The molecule has 3 nitrogen and oxygen atoms in total. The molecular formula is C28H26O3. The molecule has 4 saturated carbocycles. The average molecular weight is 411 g/mol. The summed E-state index contributed by atoms with van der Waals surface area (Å²) in [4.78, 5) is 11.3. The maximum absolute atomic E-state index is 11.3. The molecule has 3 aromatic rings. The zero-order valence-electron chi connectivity index (χ0n) is 17.7. The molecular weight excluding hydrogens is 384 g/mol. The van der Waals surface area contributed by atoms with Crippen molar-refractivity contribution in [2.24, 2.45) is 23.2 Å². The Morgan fingerprint density at radius 1 is 0.903 bits per heavy atom. The van der Waals surface area contributed by atoms with Crippen LogP contribution >= 0.6 is 0 Å². The van der Waals surface area contributed by atoms with Crippen LogP contribution in [0.1, 0.15) is 48.0 Å². The van der Waals surface area contributed by atoms with E-state index in [9.17, 15) is 9.90 Å². The van der Waals surface area contributed by atoms with Crippen molar-refractivity contribution in [3.05, 3.63) is 65.7 Å². The van der Waals surface area contributed by atoms with Crippen LogP contribution in [0.5, 0.6) is 5.75 Å². The van der Waals surface area contributed by atoms with Gasteiger partial charge in [0.1, 0.15) is 5.75 Å². The van der Waals surface area contributed by atoms with Gasteiger partial charge in [-0.05, 0) is 108 Å². The van der Waals surface area contributed by atoms with E-state index in [4.69, 9.17) is 4.74 Å². The fourth-order valence-electron chi connectivity index (χ4n) is 8.47. The lowest BCUT2D eigenvalue weighted by Crippen LogP contribution is -2.68. The van der Waals surface area contributed by atoms with E-state index in [0.717, 1.165) is 34.3 Å². The lowest BCUT2D eigenvalue weighted by atomic mass is 9.31. The number of hydrogen-bond acceptors (Lipinski definition) is 2. The Bertz CT molecular complexity index is 1280. The summed E-state index contributed by atoms with van der Waals surface area (Å²) in [7, 11) is 1.81. The first-order valence-electron chi connectivity index (χ1n) is 11.5. The van der Waals surface area contributed by atoms with E-state index in [1.165, 1.54) is 48.8 Å². The third kappa shape index (κ3) is 2.03. The Labute approximate surface area is 182 Å². The van der Waals surface area contributed by atoms with E-state index in [0.29, 0.717) is 16.4 Å². The monoisotopic (exact) mass is 410 g/mol. The van der Waals surface area contributed by atoms with Crippen LogP contribution in [-0.2, 0) is 5.41 Å². The Kier molecular flexibility index (Phi) is 3.28. The second-order valence-corrected chi connectivity index (χ2v) is 10.5. The van der Waals surface area contributed by atoms with Gasteiger partial charge in [0.25, 0.3) is 0 Å². The third-order valence-corrected chi connectivity index (χ3v) is 9.53. The van der Waals surface area contributed by atoms with Crippen LogP contribution in [0.2, 0.25) is 0 Å². The molecule has 156 valence electrons. The number of hydrogen-bond donors (Lipinski definition) is 1. The Morgan fingerprint density at radius 3 is 2.45 bits per heavy atom. The van der Waals surface area contributed by atoms with Gasteiger partial charge < -0.3 is 9.84 Å².